The number of ether oxygens (including phenoxy) is 1. The highest BCUT2D eigenvalue weighted by Gasteiger charge is 2.55. The summed E-state index contributed by atoms with van der Waals surface area (Å²) in [5.41, 5.74) is 5.35. The lowest BCUT2D eigenvalue weighted by Gasteiger charge is -2.29. The fourth-order valence-electron chi connectivity index (χ4n) is 4.42. The summed E-state index contributed by atoms with van der Waals surface area (Å²) in [5, 5.41) is 10.3. The van der Waals surface area contributed by atoms with Gasteiger partial charge in [-0.15, -0.1) is 18.3 Å². The van der Waals surface area contributed by atoms with Crippen molar-refractivity contribution < 1.29 is 32.3 Å². The predicted molar refractivity (Wildman–Crippen MR) is 123 cm³/mol. The first kappa shape index (κ1) is 25.9. The number of carbonyl (C=O) groups excluding carboxylic acids is 3. The van der Waals surface area contributed by atoms with Gasteiger partial charge in [-0.2, -0.15) is 5.10 Å². The van der Waals surface area contributed by atoms with Crippen LogP contribution in [-0.4, -0.2) is 57.8 Å². The van der Waals surface area contributed by atoms with Gasteiger partial charge in [-0.05, 0) is 61.4 Å². The molecule has 3 N–H and O–H groups in total. The van der Waals surface area contributed by atoms with E-state index in [0.717, 1.165) is 0 Å². The number of rotatable bonds is 7. The van der Waals surface area contributed by atoms with Crippen molar-refractivity contribution in [3.8, 4) is 17.6 Å². The number of nitrogens with one attached hydrogen (secondary N) is 1. The monoisotopic (exact) mass is 515 g/mol. The van der Waals surface area contributed by atoms with Gasteiger partial charge in [0.2, 0.25) is 17.7 Å². The van der Waals surface area contributed by atoms with E-state index in [9.17, 15) is 27.6 Å². The molecule has 2 atom stereocenters. The highest BCUT2D eigenvalue weighted by Crippen LogP contribution is 2.50. The maximum atomic E-state index is 13.6. The standard InChI is InChI=1S/C25H24F3N5O4/c26-25(27,28)37-19-9-5-16(6-10-19)24(11-12-24)23(36)33-14-2-4-20(33)22(35)31-18(15-21(29)34)8-7-17-3-1-13-30-32-17/h1,3,5-6,9-10,13,18,20H,2,4,11-12,14-15H2,(H2,29,34)(H,31,35)/t18-,20+/m1/s1. The quantitative estimate of drug-likeness (QED) is 0.542. The lowest BCUT2D eigenvalue weighted by atomic mass is 9.93. The van der Waals surface area contributed by atoms with Crippen LogP contribution in [0.3, 0.4) is 0 Å². The lowest BCUT2D eigenvalue weighted by Crippen LogP contribution is -2.51. The third-order valence-electron chi connectivity index (χ3n) is 6.28. The molecular weight excluding hydrogens is 491 g/mol. The van der Waals surface area contributed by atoms with Crippen LogP contribution < -0.4 is 15.8 Å². The van der Waals surface area contributed by atoms with Crippen molar-refractivity contribution in [2.24, 2.45) is 5.73 Å². The number of aromatic nitrogens is 2. The van der Waals surface area contributed by atoms with Crippen LogP contribution in [0.1, 0.15) is 43.4 Å². The molecule has 1 aromatic heterocycles. The van der Waals surface area contributed by atoms with Crippen LogP contribution in [0.4, 0.5) is 13.2 Å². The predicted octanol–water partition coefficient (Wildman–Crippen LogP) is 1.81. The lowest BCUT2D eigenvalue weighted by molar-refractivity contribution is -0.274. The molecule has 37 heavy (non-hydrogen) atoms. The number of hydrogen-bond donors (Lipinski definition) is 2. The summed E-state index contributed by atoms with van der Waals surface area (Å²) in [7, 11) is 0. The Morgan fingerprint density at radius 2 is 1.95 bits per heavy atom. The van der Waals surface area contributed by atoms with E-state index in [2.05, 4.69) is 32.1 Å². The molecule has 2 fully saturated rings. The molecule has 3 amide bonds. The van der Waals surface area contributed by atoms with Crippen molar-refractivity contribution in [1.82, 2.24) is 20.4 Å². The van der Waals surface area contributed by atoms with Crippen molar-refractivity contribution in [3.63, 3.8) is 0 Å². The number of hydrogen-bond acceptors (Lipinski definition) is 6. The highest BCUT2D eigenvalue weighted by atomic mass is 19.4. The Labute approximate surface area is 210 Å². The summed E-state index contributed by atoms with van der Waals surface area (Å²) in [6, 6.07) is 6.85. The van der Waals surface area contributed by atoms with Crippen molar-refractivity contribution in [2.75, 3.05) is 6.54 Å². The van der Waals surface area contributed by atoms with Crippen LogP contribution in [0.25, 0.3) is 0 Å². The van der Waals surface area contributed by atoms with E-state index in [-0.39, 0.29) is 18.1 Å². The average molecular weight is 515 g/mol. The van der Waals surface area contributed by atoms with Gasteiger partial charge in [-0.1, -0.05) is 18.1 Å². The smallest absolute Gasteiger partial charge is 0.406 e. The van der Waals surface area contributed by atoms with Crippen LogP contribution in [0.2, 0.25) is 0 Å². The summed E-state index contributed by atoms with van der Waals surface area (Å²) >= 11 is 0. The molecule has 1 saturated heterocycles. The minimum absolute atomic E-state index is 0.226. The van der Waals surface area contributed by atoms with Gasteiger partial charge < -0.3 is 20.7 Å². The molecule has 1 aromatic carbocycles. The molecule has 0 spiro atoms. The largest absolute Gasteiger partial charge is 0.573 e. The Bertz CT molecular complexity index is 1220. The van der Waals surface area contributed by atoms with Gasteiger partial charge in [0, 0.05) is 12.7 Å². The van der Waals surface area contributed by atoms with Gasteiger partial charge >= 0.3 is 6.36 Å². The fraction of sp³-hybridized carbons (Fsp3) is 0.400. The molecule has 2 aliphatic rings. The maximum absolute atomic E-state index is 13.6. The minimum Gasteiger partial charge on any atom is -0.406 e. The van der Waals surface area contributed by atoms with Gasteiger partial charge in [-0.3, -0.25) is 14.4 Å². The number of primary amides is 1. The molecule has 1 aliphatic carbocycles. The van der Waals surface area contributed by atoms with Crippen molar-refractivity contribution in [3.05, 3.63) is 53.9 Å². The van der Waals surface area contributed by atoms with Crippen molar-refractivity contribution in [1.29, 1.82) is 0 Å². The summed E-state index contributed by atoms with van der Waals surface area (Å²) in [6.45, 7) is 0.361. The molecule has 9 nitrogen and oxygen atoms in total. The average Bonchev–Trinajstić information content (AvgIpc) is 3.50. The molecule has 1 saturated carbocycles. The molecule has 4 rings (SSSR count). The zero-order valence-electron chi connectivity index (χ0n) is 19.6. The third kappa shape index (κ3) is 6.35. The molecule has 0 radical (unpaired) electrons. The molecular formula is C25H24F3N5O4. The SMILES string of the molecule is NC(=O)C[C@@H](C#Cc1cccnn1)NC(=O)[C@@H]1CCCN1C(=O)C1(c2ccc(OC(F)(F)F)cc2)CC1. The van der Waals surface area contributed by atoms with Gasteiger partial charge in [0.15, 0.2) is 0 Å². The van der Waals surface area contributed by atoms with Crippen molar-refractivity contribution in [2.45, 2.75) is 56.0 Å². The van der Waals surface area contributed by atoms with Gasteiger partial charge in [0.05, 0.1) is 17.9 Å². The first-order valence-electron chi connectivity index (χ1n) is 11.6. The number of alkyl halides is 3. The van der Waals surface area contributed by atoms with Crippen LogP contribution in [0.5, 0.6) is 5.75 Å². The highest BCUT2D eigenvalue weighted by molar-refractivity contribution is 5.96. The number of benzene rings is 1. The Hall–Kier alpha value is -4.14. The van der Waals surface area contributed by atoms with Crippen molar-refractivity contribution >= 4 is 17.7 Å². The number of halogens is 3. The Morgan fingerprint density at radius 3 is 2.54 bits per heavy atom. The number of nitrogens with zero attached hydrogens (tertiary/aromatic N) is 3. The number of amides is 3. The number of carbonyl (C=O) groups is 3. The van der Waals surface area contributed by atoms with Crippen LogP contribution in [-0.2, 0) is 19.8 Å². The van der Waals surface area contributed by atoms with E-state index in [4.69, 9.17) is 5.73 Å². The second-order valence-corrected chi connectivity index (χ2v) is 8.92. The first-order valence-corrected chi connectivity index (χ1v) is 11.6. The van der Waals surface area contributed by atoms with E-state index in [1.807, 2.05) is 0 Å². The second-order valence-electron chi connectivity index (χ2n) is 8.92. The second kappa shape index (κ2) is 10.5. The van der Waals surface area contributed by atoms with Gasteiger partial charge in [0.25, 0.3) is 0 Å². The molecule has 0 unspecified atom stereocenters. The Balaban J connectivity index is 1.46. The van der Waals surface area contributed by atoms with E-state index < -0.39 is 35.7 Å². The number of nitrogens with two attached hydrogens (primary N) is 1. The molecule has 0 bridgehead atoms. The molecule has 2 heterocycles. The zero-order chi connectivity index (χ0) is 26.6. The third-order valence-corrected chi connectivity index (χ3v) is 6.28. The normalized spacial score (nSPS) is 18.8. The zero-order valence-corrected chi connectivity index (χ0v) is 19.6. The summed E-state index contributed by atoms with van der Waals surface area (Å²) in [6.07, 6.45) is -1.49. The molecule has 1 aliphatic heterocycles. The minimum atomic E-state index is -4.81. The van der Waals surface area contributed by atoms with E-state index in [0.29, 0.717) is 43.5 Å². The Morgan fingerprint density at radius 1 is 1.22 bits per heavy atom. The van der Waals surface area contributed by atoms with Gasteiger partial charge in [0.1, 0.15) is 17.5 Å². The van der Waals surface area contributed by atoms with Gasteiger partial charge in [-0.25, -0.2) is 0 Å². The Kier molecular flexibility index (Phi) is 7.33. The summed E-state index contributed by atoms with van der Waals surface area (Å²) in [5.74, 6) is 3.77. The van der Waals surface area contributed by atoms with Crippen LogP contribution in [0, 0.1) is 11.8 Å². The molecule has 12 heteroatoms. The molecule has 2 aromatic rings. The van der Waals surface area contributed by atoms with E-state index >= 15 is 0 Å². The van der Waals surface area contributed by atoms with Crippen LogP contribution >= 0.6 is 0 Å². The topological polar surface area (TPSA) is 128 Å². The summed E-state index contributed by atoms with van der Waals surface area (Å²) < 4.78 is 41.3. The van der Waals surface area contributed by atoms with E-state index in [1.165, 1.54) is 35.4 Å². The van der Waals surface area contributed by atoms with Crippen LogP contribution in [0.15, 0.2) is 42.6 Å². The fourth-order valence-corrected chi connectivity index (χ4v) is 4.42. The molecule has 194 valence electrons. The summed E-state index contributed by atoms with van der Waals surface area (Å²) in [4.78, 5) is 39.7. The first-order chi connectivity index (χ1) is 17.6. The van der Waals surface area contributed by atoms with E-state index in [1.54, 1.807) is 12.1 Å². The number of likely N-dealkylation sites (tertiary alicyclic amines) is 1. The maximum Gasteiger partial charge on any atom is 0.573 e.